The van der Waals surface area contributed by atoms with Crippen LogP contribution in [0, 0.1) is 6.92 Å². The topological polar surface area (TPSA) is 80.5 Å². The molecule has 1 aromatic heterocycles. The number of hydrogen-bond donors (Lipinski definition) is 1. The van der Waals surface area contributed by atoms with Gasteiger partial charge in [0.25, 0.3) is 0 Å². The fraction of sp³-hybridized carbons (Fsp3) is 0.800. The van der Waals surface area contributed by atoms with Gasteiger partial charge >= 0.3 is 6.09 Å². The van der Waals surface area contributed by atoms with Gasteiger partial charge in [0.05, 0.1) is 0 Å². The summed E-state index contributed by atoms with van der Waals surface area (Å²) in [6.07, 6.45) is 2.51. The molecule has 0 radical (unpaired) electrons. The van der Waals surface area contributed by atoms with Crippen LogP contribution in [0.5, 0.6) is 0 Å². The fourth-order valence-electron chi connectivity index (χ4n) is 2.46. The predicted molar refractivity (Wildman–Crippen MR) is 81.6 cm³/mol. The molecule has 0 saturated carbocycles. The minimum Gasteiger partial charge on any atom is -0.444 e. The Morgan fingerprint density at radius 3 is 2.91 bits per heavy atom. The Bertz CT molecular complexity index is 495. The van der Waals surface area contributed by atoms with Crippen LogP contribution < -0.4 is 5.32 Å². The molecule has 1 atom stereocenters. The lowest BCUT2D eigenvalue weighted by Gasteiger charge is -2.34. The van der Waals surface area contributed by atoms with Gasteiger partial charge in [-0.15, -0.1) is 0 Å². The van der Waals surface area contributed by atoms with Gasteiger partial charge in [-0.25, -0.2) is 4.79 Å². The first-order valence-corrected chi connectivity index (χ1v) is 7.84. The van der Waals surface area contributed by atoms with Gasteiger partial charge in [-0.2, -0.15) is 4.98 Å². The van der Waals surface area contributed by atoms with Crippen LogP contribution in [0.3, 0.4) is 0 Å². The third-order valence-corrected chi connectivity index (χ3v) is 3.41. The molecule has 2 rings (SSSR count). The lowest BCUT2D eigenvalue weighted by Crippen LogP contribution is -2.49. The molecule has 1 saturated heterocycles. The van der Waals surface area contributed by atoms with Crippen LogP contribution in [0.15, 0.2) is 4.52 Å². The number of ether oxygens (including phenoxy) is 1. The number of amides is 1. The monoisotopic (exact) mass is 310 g/mol. The summed E-state index contributed by atoms with van der Waals surface area (Å²) < 4.78 is 10.5. The summed E-state index contributed by atoms with van der Waals surface area (Å²) in [6.45, 7) is 9.66. The molecule has 1 fully saturated rings. The summed E-state index contributed by atoms with van der Waals surface area (Å²) in [5.41, 5.74) is -0.451. The number of aryl methyl sites for hydroxylation is 1. The molecule has 0 spiro atoms. The number of nitrogens with zero attached hydrogens (tertiary/aromatic N) is 3. The highest BCUT2D eigenvalue weighted by Crippen LogP contribution is 2.15. The van der Waals surface area contributed by atoms with Gasteiger partial charge in [0.2, 0.25) is 5.89 Å². The highest BCUT2D eigenvalue weighted by atomic mass is 16.6. The predicted octanol–water partition coefficient (Wildman–Crippen LogP) is 1.91. The summed E-state index contributed by atoms with van der Waals surface area (Å²) in [4.78, 5) is 18.1. The summed E-state index contributed by atoms with van der Waals surface area (Å²) in [7, 11) is 0. The second-order valence-corrected chi connectivity index (χ2v) is 6.70. The summed E-state index contributed by atoms with van der Waals surface area (Å²) in [6, 6.07) is 0.283. The van der Waals surface area contributed by atoms with Crippen LogP contribution >= 0.6 is 0 Å². The van der Waals surface area contributed by atoms with Gasteiger partial charge in [-0.3, -0.25) is 0 Å². The molecule has 0 aromatic carbocycles. The van der Waals surface area contributed by atoms with Crippen molar-refractivity contribution < 1.29 is 14.1 Å². The highest BCUT2D eigenvalue weighted by Gasteiger charge is 2.27. The minimum atomic E-state index is -0.451. The van der Waals surface area contributed by atoms with Crippen molar-refractivity contribution in [2.45, 2.75) is 58.6 Å². The standard InChI is InChI=1S/C15H26N4O3/c1-11-17-13(22-18-11)7-8-16-12-6-5-9-19(10-12)14(20)21-15(2,3)4/h12,16H,5-10H2,1-4H3. The number of rotatable bonds is 4. The second-order valence-electron chi connectivity index (χ2n) is 6.70. The van der Waals surface area contributed by atoms with Gasteiger partial charge in [-0.05, 0) is 40.5 Å². The average molecular weight is 310 g/mol. The van der Waals surface area contributed by atoms with Crippen molar-refractivity contribution in [2.75, 3.05) is 19.6 Å². The van der Waals surface area contributed by atoms with Gasteiger partial charge < -0.3 is 19.5 Å². The number of carbonyl (C=O) groups excluding carboxylic acids is 1. The van der Waals surface area contributed by atoms with Crippen LogP contribution in [0.25, 0.3) is 0 Å². The van der Waals surface area contributed by atoms with Gasteiger partial charge in [0, 0.05) is 32.1 Å². The molecule has 1 unspecified atom stereocenters. The van der Waals surface area contributed by atoms with Crippen LogP contribution in [0.2, 0.25) is 0 Å². The van der Waals surface area contributed by atoms with E-state index in [0.717, 1.165) is 25.9 Å². The van der Waals surface area contributed by atoms with Crippen molar-refractivity contribution in [3.05, 3.63) is 11.7 Å². The third kappa shape index (κ3) is 5.29. The first kappa shape index (κ1) is 16.7. The summed E-state index contributed by atoms with van der Waals surface area (Å²) >= 11 is 0. The molecule has 1 aliphatic heterocycles. The molecule has 1 N–H and O–H groups in total. The van der Waals surface area contributed by atoms with Crippen LogP contribution in [-0.2, 0) is 11.2 Å². The molecule has 22 heavy (non-hydrogen) atoms. The lowest BCUT2D eigenvalue weighted by atomic mass is 10.1. The smallest absolute Gasteiger partial charge is 0.410 e. The Labute approximate surface area is 131 Å². The van der Waals surface area contributed by atoms with Gasteiger partial charge in [0.15, 0.2) is 5.82 Å². The number of nitrogens with one attached hydrogen (secondary N) is 1. The van der Waals surface area contributed by atoms with Crippen LogP contribution in [0.1, 0.15) is 45.3 Å². The quantitative estimate of drug-likeness (QED) is 0.915. The average Bonchev–Trinajstić information content (AvgIpc) is 2.83. The molecule has 1 aliphatic rings. The number of aromatic nitrogens is 2. The van der Waals surface area contributed by atoms with E-state index in [4.69, 9.17) is 9.26 Å². The van der Waals surface area contributed by atoms with E-state index in [1.165, 1.54) is 0 Å². The Balaban J connectivity index is 1.74. The maximum Gasteiger partial charge on any atom is 0.410 e. The Morgan fingerprint density at radius 2 is 2.27 bits per heavy atom. The highest BCUT2D eigenvalue weighted by molar-refractivity contribution is 5.68. The Hall–Kier alpha value is -1.63. The first-order chi connectivity index (χ1) is 10.3. The normalized spacial score (nSPS) is 19.3. The molecule has 2 heterocycles. The Kier molecular flexibility index (Phi) is 5.39. The van der Waals surface area contributed by atoms with E-state index in [0.29, 0.717) is 24.7 Å². The largest absolute Gasteiger partial charge is 0.444 e. The van der Waals surface area contributed by atoms with E-state index in [1.54, 1.807) is 11.8 Å². The van der Waals surface area contributed by atoms with Crippen molar-refractivity contribution in [3.8, 4) is 0 Å². The van der Waals surface area contributed by atoms with E-state index in [9.17, 15) is 4.79 Å². The molecule has 124 valence electrons. The van der Waals surface area contributed by atoms with Gasteiger partial charge in [0.1, 0.15) is 5.60 Å². The van der Waals surface area contributed by atoms with Crippen molar-refractivity contribution >= 4 is 6.09 Å². The number of carbonyl (C=O) groups is 1. The Morgan fingerprint density at radius 1 is 1.50 bits per heavy atom. The van der Waals surface area contributed by atoms with Crippen LogP contribution in [-0.4, -0.2) is 52.4 Å². The summed E-state index contributed by atoms with van der Waals surface area (Å²) in [5, 5.41) is 7.22. The molecule has 1 amide bonds. The zero-order valence-electron chi connectivity index (χ0n) is 13.9. The summed E-state index contributed by atoms with van der Waals surface area (Å²) in [5.74, 6) is 1.30. The van der Waals surface area contributed by atoms with E-state index in [-0.39, 0.29) is 12.1 Å². The number of hydrogen-bond acceptors (Lipinski definition) is 6. The third-order valence-electron chi connectivity index (χ3n) is 3.41. The molecular weight excluding hydrogens is 284 g/mol. The molecule has 1 aromatic rings. The molecule has 0 bridgehead atoms. The van der Waals surface area contributed by atoms with Crippen molar-refractivity contribution in [1.82, 2.24) is 20.4 Å². The van der Waals surface area contributed by atoms with Crippen molar-refractivity contribution in [2.24, 2.45) is 0 Å². The van der Waals surface area contributed by atoms with E-state index in [2.05, 4.69) is 15.5 Å². The van der Waals surface area contributed by atoms with Crippen LogP contribution in [0.4, 0.5) is 4.79 Å². The molecule has 7 heteroatoms. The van der Waals surface area contributed by atoms with Gasteiger partial charge in [-0.1, -0.05) is 5.16 Å². The maximum absolute atomic E-state index is 12.1. The molecular formula is C15H26N4O3. The minimum absolute atomic E-state index is 0.230. The maximum atomic E-state index is 12.1. The molecule has 7 nitrogen and oxygen atoms in total. The lowest BCUT2D eigenvalue weighted by molar-refractivity contribution is 0.0187. The van der Waals surface area contributed by atoms with Crippen molar-refractivity contribution in [3.63, 3.8) is 0 Å². The zero-order chi connectivity index (χ0) is 16.2. The van der Waals surface area contributed by atoms with E-state index in [1.807, 2.05) is 20.8 Å². The first-order valence-electron chi connectivity index (χ1n) is 7.84. The SMILES string of the molecule is Cc1noc(CCNC2CCCN(C(=O)OC(C)(C)C)C2)n1. The zero-order valence-corrected chi connectivity index (χ0v) is 13.9. The molecule has 0 aliphatic carbocycles. The van der Waals surface area contributed by atoms with E-state index < -0.39 is 5.60 Å². The van der Waals surface area contributed by atoms with E-state index >= 15 is 0 Å². The fourth-order valence-corrected chi connectivity index (χ4v) is 2.46. The number of piperidine rings is 1. The van der Waals surface area contributed by atoms with Crippen molar-refractivity contribution in [1.29, 1.82) is 0 Å². The number of likely N-dealkylation sites (tertiary alicyclic amines) is 1. The second kappa shape index (κ2) is 7.09.